The largest absolute Gasteiger partial charge is 0.397 e. The van der Waals surface area contributed by atoms with Crippen LogP contribution in [0.4, 0.5) is 11.4 Å². The predicted octanol–water partition coefficient (Wildman–Crippen LogP) is 3.84. The highest BCUT2D eigenvalue weighted by Crippen LogP contribution is 2.32. The standard InChI is InChI=1S/C15H16N4S/c1-2-12(15-18-7-8-20-15)19-13-4-3-10-9-17-6-5-11(10)14(13)16/h3-9,12,19H,2,16H2,1H3. The molecule has 2 aromatic heterocycles. The van der Waals surface area contributed by atoms with Crippen molar-refractivity contribution in [1.29, 1.82) is 0 Å². The number of nitrogens with two attached hydrogens (primary N) is 1. The SMILES string of the molecule is CCC(Nc1ccc2cnccc2c1N)c1nccs1. The van der Waals surface area contributed by atoms with Crippen LogP contribution in [0.3, 0.4) is 0 Å². The molecule has 1 unspecified atom stereocenters. The Morgan fingerprint density at radius 1 is 1.30 bits per heavy atom. The lowest BCUT2D eigenvalue weighted by Gasteiger charge is -2.18. The molecule has 2 heterocycles. The molecule has 3 rings (SSSR count). The molecule has 102 valence electrons. The number of pyridine rings is 1. The van der Waals surface area contributed by atoms with E-state index >= 15 is 0 Å². The lowest BCUT2D eigenvalue weighted by Crippen LogP contribution is -2.10. The van der Waals surface area contributed by atoms with Crippen molar-refractivity contribution in [2.24, 2.45) is 0 Å². The molecule has 5 heteroatoms. The molecular weight excluding hydrogens is 268 g/mol. The van der Waals surface area contributed by atoms with Gasteiger partial charge < -0.3 is 11.1 Å². The van der Waals surface area contributed by atoms with E-state index in [4.69, 9.17) is 5.73 Å². The monoisotopic (exact) mass is 284 g/mol. The van der Waals surface area contributed by atoms with Gasteiger partial charge in [-0.1, -0.05) is 13.0 Å². The van der Waals surface area contributed by atoms with Crippen molar-refractivity contribution >= 4 is 33.5 Å². The second-order valence-corrected chi connectivity index (χ2v) is 5.53. The summed E-state index contributed by atoms with van der Waals surface area (Å²) in [5, 5.41) is 8.65. The number of hydrogen-bond acceptors (Lipinski definition) is 5. The third kappa shape index (κ3) is 2.32. The van der Waals surface area contributed by atoms with Crippen LogP contribution in [0.15, 0.2) is 42.2 Å². The van der Waals surface area contributed by atoms with Crippen molar-refractivity contribution in [3.63, 3.8) is 0 Å². The van der Waals surface area contributed by atoms with Gasteiger partial charge in [0.25, 0.3) is 0 Å². The highest BCUT2D eigenvalue weighted by atomic mass is 32.1. The fourth-order valence-electron chi connectivity index (χ4n) is 2.25. The van der Waals surface area contributed by atoms with Crippen molar-refractivity contribution in [1.82, 2.24) is 9.97 Å². The molecule has 20 heavy (non-hydrogen) atoms. The van der Waals surface area contributed by atoms with Crippen LogP contribution in [0.1, 0.15) is 24.4 Å². The number of rotatable bonds is 4. The Bertz CT molecular complexity index is 709. The molecule has 3 aromatic rings. The van der Waals surface area contributed by atoms with Gasteiger partial charge in [-0.2, -0.15) is 0 Å². The first-order valence-electron chi connectivity index (χ1n) is 6.57. The fourth-order valence-corrected chi connectivity index (χ4v) is 3.02. The zero-order chi connectivity index (χ0) is 13.9. The number of thiazole rings is 1. The summed E-state index contributed by atoms with van der Waals surface area (Å²) in [4.78, 5) is 8.50. The summed E-state index contributed by atoms with van der Waals surface area (Å²) in [6, 6.07) is 6.18. The number of nitrogen functional groups attached to an aromatic ring is 1. The number of fused-ring (bicyclic) bond motifs is 1. The highest BCUT2D eigenvalue weighted by molar-refractivity contribution is 7.09. The molecule has 4 nitrogen and oxygen atoms in total. The Kier molecular flexibility index (Phi) is 3.52. The summed E-state index contributed by atoms with van der Waals surface area (Å²) in [7, 11) is 0. The van der Waals surface area contributed by atoms with Gasteiger partial charge in [-0.15, -0.1) is 11.3 Å². The van der Waals surface area contributed by atoms with E-state index in [1.807, 2.05) is 36.0 Å². The lowest BCUT2D eigenvalue weighted by molar-refractivity contribution is 0.743. The minimum absolute atomic E-state index is 0.191. The summed E-state index contributed by atoms with van der Waals surface area (Å²) in [6.07, 6.45) is 6.38. The van der Waals surface area contributed by atoms with E-state index in [2.05, 4.69) is 22.2 Å². The van der Waals surface area contributed by atoms with Crippen LogP contribution >= 0.6 is 11.3 Å². The van der Waals surface area contributed by atoms with Crippen LogP contribution in [0.25, 0.3) is 10.8 Å². The zero-order valence-corrected chi connectivity index (χ0v) is 12.0. The van der Waals surface area contributed by atoms with Crippen LogP contribution in [-0.4, -0.2) is 9.97 Å². The first kappa shape index (κ1) is 12.9. The molecule has 0 aliphatic rings. The van der Waals surface area contributed by atoms with Crippen LogP contribution in [0.2, 0.25) is 0 Å². The average Bonchev–Trinajstić information content (AvgIpc) is 3.01. The van der Waals surface area contributed by atoms with E-state index in [0.29, 0.717) is 0 Å². The van der Waals surface area contributed by atoms with Gasteiger partial charge in [0.15, 0.2) is 0 Å². The minimum atomic E-state index is 0.191. The van der Waals surface area contributed by atoms with Gasteiger partial charge in [0, 0.05) is 34.7 Å². The first-order valence-corrected chi connectivity index (χ1v) is 7.45. The molecule has 1 aromatic carbocycles. The summed E-state index contributed by atoms with van der Waals surface area (Å²) in [5.41, 5.74) is 7.98. The Labute approximate surface area is 121 Å². The maximum Gasteiger partial charge on any atom is 0.115 e. The van der Waals surface area contributed by atoms with Gasteiger partial charge in [-0.25, -0.2) is 4.98 Å². The maximum atomic E-state index is 6.27. The van der Waals surface area contributed by atoms with Gasteiger partial charge in [0.05, 0.1) is 17.4 Å². The molecule has 0 aliphatic heterocycles. The number of benzene rings is 1. The Morgan fingerprint density at radius 3 is 2.95 bits per heavy atom. The van der Waals surface area contributed by atoms with Gasteiger partial charge in [0.2, 0.25) is 0 Å². The molecular formula is C15H16N4S. The summed E-state index contributed by atoms with van der Waals surface area (Å²) in [5.74, 6) is 0. The van der Waals surface area contributed by atoms with Crippen LogP contribution in [0.5, 0.6) is 0 Å². The van der Waals surface area contributed by atoms with E-state index < -0.39 is 0 Å². The third-order valence-corrected chi connectivity index (χ3v) is 4.24. The molecule has 1 atom stereocenters. The van der Waals surface area contributed by atoms with Gasteiger partial charge >= 0.3 is 0 Å². The summed E-state index contributed by atoms with van der Waals surface area (Å²) in [6.45, 7) is 2.14. The second-order valence-electron chi connectivity index (χ2n) is 4.60. The summed E-state index contributed by atoms with van der Waals surface area (Å²) < 4.78 is 0. The van der Waals surface area contributed by atoms with Crippen molar-refractivity contribution in [2.75, 3.05) is 11.1 Å². The molecule has 0 aliphatic carbocycles. The van der Waals surface area contributed by atoms with E-state index in [1.165, 1.54) is 0 Å². The van der Waals surface area contributed by atoms with Crippen molar-refractivity contribution in [3.8, 4) is 0 Å². The topological polar surface area (TPSA) is 63.8 Å². The molecule has 3 N–H and O–H groups in total. The maximum absolute atomic E-state index is 6.27. The van der Waals surface area contributed by atoms with Crippen LogP contribution < -0.4 is 11.1 Å². The molecule has 0 spiro atoms. The first-order chi connectivity index (χ1) is 9.79. The molecule has 0 amide bonds. The number of nitrogens with zero attached hydrogens (tertiary/aromatic N) is 2. The highest BCUT2D eigenvalue weighted by Gasteiger charge is 2.13. The fraction of sp³-hybridized carbons (Fsp3) is 0.200. The van der Waals surface area contributed by atoms with E-state index in [1.54, 1.807) is 17.5 Å². The van der Waals surface area contributed by atoms with E-state index in [0.717, 1.165) is 33.6 Å². The number of hydrogen-bond donors (Lipinski definition) is 2. The van der Waals surface area contributed by atoms with E-state index in [9.17, 15) is 0 Å². The van der Waals surface area contributed by atoms with Crippen LogP contribution in [-0.2, 0) is 0 Å². The summed E-state index contributed by atoms with van der Waals surface area (Å²) >= 11 is 1.66. The molecule has 0 fully saturated rings. The van der Waals surface area contributed by atoms with E-state index in [-0.39, 0.29) is 6.04 Å². The van der Waals surface area contributed by atoms with Crippen molar-refractivity contribution < 1.29 is 0 Å². The minimum Gasteiger partial charge on any atom is -0.397 e. The number of anilines is 2. The smallest absolute Gasteiger partial charge is 0.115 e. The van der Waals surface area contributed by atoms with Gasteiger partial charge in [-0.3, -0.25) is 4.98 Å². The normalized spacial score (nSPS) is 12.4. The van der Waals surface area contributed by atoms with Gasteiger partial charge in [0.1, 0.15) is 5.01 Å². The Balaban J connectivity index is 1.96. The number of nitrogens with one attached hydrogen (secondary N) is 1. The van der Waals surface area contributed by atoms with Crippen molar-refractivity contribution in [2.45, 2.75) is 19.4 Å². The quantitative estimate of drug-likeness (QED) is 0.715. The van der Waals surface area contributed by atoms with Crippen LogP contribution in [0, 0.1) is 0 Å². The number of aromatic nitrogens is 2. The molecule has 0 bridgehead atoms. The zero-order valence-electron chi connectivity index (χ0n) is 11.2. The molecule has 0 saturated carbocycles. The second kappa shape index (κ2) is 5.46. The molecule has 0 saturated heterocycles. The third-order valence-electron chi connectivity index (χ3n) is 3.35. The average molecular weight is 284 g/mol. The molecule has 0 radical (unpaired) electrons. The Morgan fingerprint density at radius 2 is 2.20 bits per heavy atom. The van der Waals surface area contributed by atoms with Gasteiger partial charge in [-0.05, 0) is 18.6 Å². The van der Waals surface area contributed by atoms with Crippen molar-refractivity contribution in [3.05, 3.63) is 47.2 Å². The predicted molar refractivity (Wildman–Crippen MR) is 84.9 cm³/mol. The lowest BCUT2D eigenvalue weighted by atomic mass is 10.1. The Hall–Kier alpha value is -2.14.